The Morgan fingerprint density at radius 3 is 2.12 bits per heavy atom. The number of benzene rings is 1. The summed E-state index contributed by atoms with van der Waals surface area (Å²) in [5, 5.41) is 17.8. The third-order valence-corrected chi connectivity index (χ3v) is 2.19. The predicted octanol–water partition coefficient (Wildman–Crippen LogP) is 2.30. The zero-order valence-electron chi connectivity index (χ0n) is 8.39. The predicted molar refractivity (Wildman–Crippen MR) is 60.8 cm³/mol. The first kappa shape index (κ1) is 13.6. The van der Waals surface area contributed by atoms with Gasteiger partial charge >= 0.3 is 11.9 Å². The lowest BCUT2D eigenvalue weighted by Crippen LogP contribution is -2.29. The minimum atomic E-state index is -1.48. The summed E-state index contributed by atoms with van der Waals surface area (Å²) in [4.78, 5) is 21.2. The van der Waals surface area contributed by atoms with Crippen LogP contribution >= 0.6 is 23.2 Å². The van der Waals surface area contributed by atoms with Crippen LogP contribution in [-0.4, -0.2) is 28.3 Å². The van der Waals surface area contributed by atoms with Gasteiger partial charge in [-0.3, -0.25) is 4.79 Å². The molecule has 1 rings (SSSR count). The van der Waals surface area contributed by atoms with Crippen LogP contribution in [0.4, 0.5) is 0 Å². The molecule has 7 heteroatoms. The van der Waals surface area contributed by atoms with Gasteiger partial charge < -0.3 is 14.9 Å². The maximum Gasteiger partial charge on any atom is 0.345 e. The Morgan fingerprint density at radius 1 is 1.18 bits per heavy atom. The average Bonchev–Trinajstić information content (AvgIpc) is 2.13. The lowest BCUT2D eigenvalue weighted by Gasteiger charge is -2.13. The summed E-state index contributed by atoms with van der Waals surface area (Å²) in [5.41, 5.74) is 0. The molecule has 1 aromatic carbocycles. The molecule has 17 heavy (non-hydrogen) atoms. The quantitative estimate of drug-likeness (QED) is 0.863. The minimum absolute atomic E-state index is 0.108. The van der Waals surface area contributed by atoms with E-state index in [0.717, 1.165) is 0 Å². The van der Waals surface area contributed by atoms with E-state index in [1.807, 2.05) is 0 Å². The van der Waals surface area contributed by atoms with E-state index < -0.39 is 24.5 Å². The number of carboxylic acids is 2. The average molecular weight is 279 g/mol. The summed E-state index contributed by atoms with van der Waals surface area (Å²) in [5.74, 6) is -2.54. The highest BCUT2D eigenvalue weighted by Crippen LogP contribution is 2.25. The van der Waals surface area contributed by atoms with Crippen molar-refractivity contribution in [2.75, 3.05) is 0 Å². The van der Waals surface area contributed by atoms with Crippen LogP contribution < -0.4 is 4.74 Å². The molecule has 0 saturated carbocycles. The molecule has 1 unspecified atom stereocenters. The molecule has 0 aliphatic rings. The van der Waals surface area contributed by atoms with E-state index in [2.05, 4.69) is 0 Å². The Bertz CT molecular complexity index is 426. The van der Waals surface area contributed by atoms with E-state index in [0.29, 0.717) is 0 Å². The van der Waals surface area contributed by atoms with Crippen molar-refractivity contribution in [3.63, 3.8) is 0 Å². The zero-order valence-corrected chi connectivity index (χ0v) is 9.90. The molecule has 0 bridgehead atoms. The molecule has 1 atom stereocenters. The van der Waals surface area contributed by atoms with Crippen LogP contribution in [0.15, 0.2) is 18.2 Å². The van der Waals surface area contributed by atoms with Gasteiger partial charge in [-0.1, -0.05) is 23.2 Å². The van der Waals surface area contributed by atoms with Crippen LogP contribution in [0, 0.1) is 0 Å². The number of ether oxygens (including phenoxy) is 1. The van der Waals surface area contributed by atoms with Crippen molar-refractivity contribution in [2.24, 2.45) is 0 Å². The molecule has 0 radical (unpaired) electrons. The highest BCUT2D eigenvalue weighted by molar-refractivity contribution is 6.34. The summed E-state index contributed by atoms with van der Waals surface area (Å²) in [6, 6.07) is 4.15. The van der Waals surface area contributed by atoms with E-state index in [4.69, 9.17) is 38.2 Å². The van der Waals surface area contributed by atoms with Gasteiger partial charge in [-0.25, -0.2) is 4.79 Å². The van der Waals surface area contributed by atoms with Crippen LogP contribution in [0.1, 0.15) is 6.42 Å². The zero-order chi connectivity index (χ0) is 13.0. The number of halogens is 2. The molecular formula is C10H8Cl2O5. The van der Waals surface area contributed by atoms with E-state index in [9.17, 15) is 9.59 Å². The van der Waals surface area contributed by atoms with Crippen LogP contribution in [0.25, 0.3) is 0 Å². The third kappa shape index (κ3) is 4.50. The molecule has 5 nitrogen and oxygen atoms in total. The van der Waals surface area contributed by atoms with Gasteiger partial charge in [0.15, 0.2) is 0 Å². The molecule has 1 aromatic rings. The molecule has 92 valence electrons. The van der Waals surface area contributed by atoms with Gasteiger partial charge in [-0.15, -0.1) is 0 Å². The van der Waals surface area contributed by atoms with Gasteiger partial charge in [-0.05, 0) is 18.2 Å². The van der Waals surface area contributed by atoms with Gasteiger partial charge in [0.25, 0.3) is 0 Å². The second kappa shape index (κ2) is 5.75. The Balaban J connectivity index is 2.85. The summed E-state index contributed by atoms with van der Waals surface area (Å²) in [6.07, 6.45) is -2.14. The van der Waals surface area contributed by atoms with Gasteiger partial charge in [0.05, 0.1) is 6.42 Å². The fourth-order valence-corrected chi connectivity index (χ4v) is 1.60. The van der Waals surface area contributed by atoms with Crippen molar-refractivity contribution in [2.45, 2.75) is 12.5 Å². The lowest BCUT2D eigenvalue weighted by molar-refractivity contribution is -0.151. The van der Waals surface area contributed by atoms with E-state index in [1.54, 1.807) is 0 Å². The SMILES string of the molecule is O=C(O)CC(Oc1cc(Cl)cc(Cl)c1)C(=O)O. The topological polar surface area (TPSA) is 83.8 Å². The molecule has 0 saturated heterocycles. The molecule has 0 fully saturated rings. The number of carbonyl (C=O) groups is 2. The summed E-state index contributed by atoms with van der Waals surface area (Å²) < 4.78 is 5.00. The Labute approximate surface area is 107 Å². The van der Waals surface area contributed by atoms with Crippen LogP contribution in [0.2, 0.25) is 10.0 Å². The second-order valence-electron chi connectivity index (χ2n) is 3.15. The second-order valence-corrected chi connectivity index (χ2v) is 4.02. The first-order chi connectivity index (χ1) is 7.88. The van der Waals surface area contributed by atoms with Crippen LogP contribution in [0.5, 0.6) is 5.75 Å². The molecule has 0 aromatic heterocycles. The molecule has 0 amide bonds. The fourth-order valence-electron chi connectivity index (χ4n) is 1.10. The summed E-state index contributed by atoms with van der Waals surface area (Å²) in [7, 11) is 0. The van der Waals surface area contributed by atoms with Gasteiger partial charge in [-0.2, -0.15) is 0 Å². The van der Waals surface area contributed by atoms with E-state index in [-0.39, 0.29) is 15.8 Å². The highest BCUT2D eigenvalue weighted by atomic mass is 35.5. The number of carboxylic acid groups (broad SMARTS) is 2. The van der Waals surface area contributed by atoms with Crippen molar-refractivity contribution in [1.29, 1.82) is 0 Å². The summed E-state index contributed by atoms with van der Waals surface area (Å²) >= 11 is 11.4. The van der Waals surface area contributed by atoms with Crippen molar-refractivity contribution < 1.29 is 24.5 Å². The largest absolute Gasteiger partial charge is 0.481 e. The number of aliphatic carboxylic acids is 2. The van der Waals surface area contributed by atoms with Crippen molar-refractivity contribution in [3.8, 4) is 5.75 Å². The van der Waals surface area contributed by atoms with Crippen LogP contribution in [0.3, 0.4) is 0 Å². The first-order valence-electron chi connectivity index (χ1n) is 4.46. The molecule has 0 aliphatic carbocycles. The fraction of sp³-hybridized carbons (Fsp3) is 0.200. The first-order valence-corrected chi connectivity index (χ1v) is 5.21. The van der Waals surface area contributed by atoms with E-state index >= 15 is 0 Å². The van der Waals surface area contributed by atoms with Crippen LogP contribution in [-0.2, 0) is 9.59 Å². The monoisotopic (exact) mass is 278 g/mol. The lowest BCUT2D eigenvalue weighted by atomic mass is 10.2. The third-order valence-electron chi connectivity index (χ3n) is 1.75. The highest BCUT2D eigenvalue weighted by Gasteiger charge is 2.23. The smallest absolute Gasteiger partial charge is 0.345 e. The van der Waals surface area contributed by atoms with Crippen molar-refractivity contribution >= 4 is 35.1 Å². The number of rotatable bonds is 5. The number of hydrogen-bond donors (Lipinski definition) is 2. The summed E-state index contributed by atoms with van der Waals surface area (Å²) in [6.45, 7) is 0. The number of hydrogen-bond acceptors (Lipinski definition) is 3. The molecular weight excluding hydrogens is 271 g/mol. The van der Waals surface area contributed by atoms with Crippen molar-refractivity contribution in [3.05, 3.63) is 28.2 Å². The Hall–Kier alpha value is -1.46. The maximum atomic E-state index is 10.8. The van der Waals surface area contributed by atoms with E-state index in [1.165, 1.54) is 18.2 Å². The molecule has 0 heterocycles. The minimum Gasteiger partial charge on any atom is -0.481 e. The Kier molecular flexibility index (Phi) is 4.60. The van der Waals surface area contributed by atoms with Crippen molar-refractivity contribution in [1.82, 2.24) is 0 Å². The maximum absolute atomic E-state index is 10.8. The normalized spacial score (nSPS) is 11.9. The van der Waals surface area contributed by atoms with Gasteiger partial charge in [0, 0.05) is 10.0 Å². The standard InChI is InChI=1S/C10H8Cl2O5/c11-5-1-6(12)3-7(2-5)17-8(10(15)16)4-9(13)14/h1-3,8H,4H2,(H,13,14)(H,15,16). The molecule has 2 N–H and O–H groups in total. The Morgan fingerprint density at radius 2 is 1.71 bits per heavy atom. The molecule has 0 spiro atoms. The van der Waals surface area contributed by atoms with Gasteiger partial charge in [0.1, 0.15) is 5.75 Å². The van der Waals surface area contributed by atoms with Gasteiger partial charge in [0.2, 0.25) is 6.10 Å². The molecule has 0 aliphatic heterocycles.